The molecular weight excluding hydrogens is 352 g/mol. The van der Waals surface area contributed by atoms with Crippen LogP contribution in [0.4, 0.5) is 5.69 Å². The number of carbonyl (C=O) groups excluding carboxylic acids is 1. The standard InChI is InChI=1S/C17H14N6O2S/c1-11-8-26-17-19-6-14(16(25)23(11)17)15(24)21-13-4-2-12(3-5-13)7-22-10-18-9-20-22/h2-6,8-10H,7H2,1H3,(H,21,24). The maximum absolute atomic E-state index is 12.5. The first-order valence-electron chi connectivity index (χ1n) is 7.80. The van der Waals surface area contributed by atoms with E-state index in [-0.39, 0.29) is 11.1 Å². The van der Waals surface area contributed by atoms with Gasteiger partial charge in [-0.3, -0.25) is 14.0 Å². The van der Waals surface area contributed by atoms with Crippen molar-refractivity contribution in [1.82, 2.24) is 24.1 Å². The van der Waals surface area contributed by atoms with E-state index in [2.05, 4.69) is 20.4 Å². The van der Waals surface area contributed by atoms with E-state index in [9.17, 15) is 9.59 Å². The third kappa shape index (κ3) is 3.00. The Balaban J connectivity index is 1.54. The summed E-state index contributed by atoms with van der Waals surface area (Å²) in [7, 11) is 0. The first-order valence-corrected chi connectivity index (χ1v) is 8.68. The van der Waals surface area contributed by atoms with Gasteiger partial charge in [-0.15, -0.1) is 11.3 Å². The van der Waals surface area contributed by atoms with Crippen molar-refractivity contribution in [3.63, 3.8) is 0 Å². The summed E-state index contributed by atoms with van der Waals surface area (Å²) < 4.78 is 3.15. The van der Waals surface area contributed by atoms with Crippen molar-refractivity contribution in [3.8, 4) is 0 Å². The summed E-state index contributed by atoms with van der Waals surface area (Å²) in [6.45, 7) is 2.40. The summed E-state index contributed by atoms with van der Waals surface area (Å²) in [6, 6.07) is 7.33. The number of hydrogen-bond donors (Lipinski definition) is 1. The molecule has 0 bridgehead atoms. The van der Waals surface area contributed by atoms with Crippen LogP contribution < -0.4 is 10.9 Å². The van der Waals surface area contributed by atoms with Crippen LogP contribution >= 0.6 is 11.3 Å². The molecule has 9 heteroatoms. The van der Waals surface area contributed by atoms with Gasteiger partial charge < -0.3 is 5.32 Å². The lowest BCUT2D eigenvalue weighted by Gasteiger charge is -2.07. The van der Waals surface area contributed by atoms with Crippen molar-refractivity contribution < 1.29 is 4.79 Å². The van der Waals surface area contributed by atoms with Crippen molar-refractivity contribution in [2.24, 2.45) is 0 Å². The molecule has 0 saturated carbocycles. The highest BCUT2D eigenvalue weighted by Gasteiger charge is 2.15. The van der Waals surface area contributed by atoms with Crippen LogP contribution in [-0.4, -0.2) is 30.1 Å². The Hall–Kier alpha value is -3.33. The molecule has 0 aliphatic heterocycles. The smallest absolute Gasteiger partial charge is 0.271 e. The van der Waals surface area contributed by atoms with Gasteiger partial charge in [0.05, 0.1) is 6.54 Å². The molecule has 3 heterocycles. The molecule has 1 amide bonds. The van der Waals surface area contributed by atoms with Gasteiger partial charge in [-0.2, -0.15) is 5.10 Å². The fourth-order valence-electron chi connectivity index (χ4n) is 2.57. The van der Waals surface area contributed by atoms with Gasteiger partial charge in [0.2, 0.25) is 0 Å². The first-order chi connectivity index (χ1) is 12.6. The summed E-state index contributed by atoms with van der Waals surface area (Å²) in [5, 5.41) is 8.62. The predicted molar refractivity (Wildman–Crippen MR) is 97.6 cm³/mol. The molecule has 8 nitrogen and oxygen atoms in total. The van der Waals surface area contributed by atoms with E-state index in [0.717, 1.165) is 11.3 Å². The highest BCUT2D eigenvalue weighted by Crippen LogP contribution is 2.13. The molecule has 26 heavy (non-hydrogen) atoms. The van der Waals surface area contributed by atoms with E-state index in [0.29, 0.717) is 17.2 Å². The zero-order valence-corrected chi connectivity index (χ0v) is 14.6. The van der Waals surface area contributed by atoms with E-state index in [4.69, 9.17) is 0 Å². The number of nitrogens with one attached hydrogen (secondary N) is 1. The van der Waals surface area contributed by atoms with Gasteiger partial charge in [0.15, 0.2) is 4.96 Å². The second-order valence-corrected chi connectivity index (χ2v) is 6.55. The van der Waals surface area contributed by atoms with Gasteiger partial charge in [-0.05, 0) is 24.6 Å². The summed E-state index contributed by atoms with van der Waals surface area (Å²) >= 11 is 1.36. The third-order valence-electron chi connectivity index (χ3n) is 3.88. The number of benzene rings is 1. The fourth-order valence-corrected chi connectivity index (χ4v) is 3.40. The summed E-state index contributed by atoms with van der Waals surface area (Å²) in [5.74, 6) is -0.480. The Morgan fingerprint density at radius 2 is 2.08 bits per heavy atom. The summed E-state index contributed by atoms with van der Waals surface area (Å²) in [4.78, 5) is 33.7. The quantitative estimate of drug-likeness (QED) is 0.596. The molecule has 0 saturated heterocycles. The Morgan fingerprint density at radius 1 is 1.27 bits per heavy atom. The first kappa shape index (κ1) is 16.2. The number of amides is 1. The van der Waals surface area contributed by atoms with Crippen molar-refractivity contribution in [2.75, 3.05) is 5.32 Å². The molecule has 0 spiro atoms. The van der Waals surface area contributed by atoms with Crippen LogP contribution in [0.3, 0.4) is 0 Å². The average molecular weight is 366 g/mol. The number of rotatable bonds is 4. The molecule has 1 N–H and O–H groups in total. The monoisotopic (exact) mass is 366 g/mol. The Morgan fingerprint density at radius 3 is 2.81 bits per heavy atom. The molecule has 0 unspecified atom stereocenters. The Bertz CT molecular complexity index is 1130. The van der Waals surface area contributed by atoms with Gasteiger partial charge in [0.25, 0.3) is 11.5 Å². The lowest BCUT2D eigenvalue weighted by molar-refractivity contribution is 0.102. The van der Waals surface area contributed by atoms with Crippen LogP contribution in [0.25, 0.3) is 4.96 Å². The molecule has 4 aromatic rings. The van der Waals surface area contributed by atoms with Gasteiger partial charge in [-0.25, -0.2) is 14.6 Å². The minimum absolute atomic E-state index is 0.00990. The van der Waals surface area contributed by atoms with E-state index >= 15 is 0 Å². The summed E-state index contributed by atoms with van der Waals surface area (Å²) in [5.41, 5.74) is 2.02. The van der Waals surface area contributed by atoms with Gasteiger partial charge in [-0.1, -0.05) is 12.1 Å². The van der Waals surface area contributed by atoms with Crippen LogP contribution in [-0.2, 0) is 6.54 Å². The van der Waals surface area contributed by atoms with Crippen molar-refractivity contribution >= 4 is 27.9 Å². The van der Waals surface area contributed by atoms with E-state index in [1.807, 2.05) is 24.4 Å². The minimum Gasteiger partial charge on any atom is -0.322 e. The topological polar surface area (TPSA) is 94.2 Å². The molecule has 0 atom stereocenters. The lowest BCUT2D eigenvalue weighted by Crippen LogP contribution is -2.26. The number of aromatic nitrogens is 5. The molecule has 1 aromatic carbocycles. The highest BCUT2D eigenvalue weighted by atomic mass is 32.1. The van der Waals surface area contributed by atoms with Crippen molar-refractivity contribution in [1.29, 1.82) is 0 Å². The molecular formula is C17H14N6O2S. The third-order valence-corrected chi connectivity index (χ3v) is 4.84. The Labute approximate surface area is 151 Å². The molecule has 0 aliphatic carbocycles. The van der Waals surface area contributed by atoms with Gasteiger partial charge in [0.1, 0.15) is 18.2 Å². The summed E-state index contributed by atoms with van der Waals surface area (Å²) in [6.07, 6.45) is 4.44. The maximum atomic E-state index is 12.5. The fraction of sp³-hybridized carbons (Fsp3) is 0.118. The molecule has 4 rings (SSSR count). The van der Waals surface area contributed by atoms with Crippen molar-refractivity contribution in [3.05, 3.63) is 75.7 Å². The van der Waals surface area contributed by atoms with Crippen molar-refractivity contribution in [2.45, 2.75) is 13.5 Å². The number of aryl methyl sites for hydroxylation is 1. The SMILES string of the molecule is Cc1csc2ncc(C(=O)Nc3ccc(Cn4cncn4)cc3)c(=O)n12. The number of anilines is 1. The normalized spacial score (nSPS) is 11.0. The predicted octanol–water partition coefficient (Wildman–Crippen LogP) is 1.96. The number of nitrogens with zero attached hydrogens (tertiary/aromatic N) is 5. The largest absolute Gasteiger partial charge is 0.322 e. The minimum atomic E-state index is -0.480. The molecule has 0 fully saturated rings. The average Bonchev–Trinajstić information content (AvgIpc) is 3.27. The molecule has 3 aromatic heterocycles. The van der Waals surface area contributed by atoms with Crippen LogP contribution in [0.1, 0.15) is 21.6 Å². The van der Waals surface area contributed by atoms with Crippen LogP contribution in [0, 0.1) is 6.92 Å². The number of carbonyl (C=O) groups is 1. The van der Waals surface area contributed by atoms with Crippen LogP contribution in [0.15, 0.2) is 53.3 Å². The zero-order chi connectivity index (χ0) is 18.1. The van der Waals surface area contributed by atoms with Gasteiger partial charge >= 0.3 is 0 Å². The molecule has 130 valence electrons. The maximum Gasteiger partial charge on any atom is 0.271 e. The van der Waals surface area contributed by atoms with E-state index < -0.39 is 5.91 Å². The van der Waals surface area contributed by atoms with E-state index in [1.54, 1.807) is 23.1 Å². The molecule has 0 radical (unpaired) electrons. The second-order valence-electron chi connectivity index (χ2n) is 5.72. The Kier molecular flexibility index (Phi) is 4.05. The van der Waals surface area contributed by atoms with Crippen LogP contribution in [0.2, 0.25) is 0 Å². The highest BCUT2D eigenvalue weighted by molar-refractivity contribution is 7.15. The zero-order valence-electron chi connectivity index (χ0n) is 13.8. The number of hydrogen-bond acceptors (Lipinski definition) is 6. The second kappa shape index (κ2) is 6.52. The van der Waals surface area contributed by atoms with E-state index in [1.165, 1.54) is 28.3 Å². The number of fused-ring (bicyclic) bond motifs is 1. The van der Waals surface area contributed by atoms with Gasteiger partial charge in [0, 0.05) is 23.0 Å². The molecule has 0 aliphatic rings. The lowest BCUT2D eigenvalue weighted by atomic mass is 10.2. The van der Waals surface area contributed by atoms with Crippen LogP contribution in [0.5, 0.6) is 0 Å². The number of thiazole rings is 1.